The molecule has 0 saturated carbocycles. The summed E-state index contributed by atoms with van der Waals surface area (Å²) in [6.45, 7) is 5.83. The quantitative estimate of drug-likeness (QED) is 0.715. The van der Waals surface area contributed by atoms with E-state index in [1.165, 1.54) is 0 Å². The van der Waals surface area contributed by atoms with E-state index in [2.05, 4.69) is 33.4 Å². The van der Waals surface area contributed by atoms with Crippen LogP contribution < -0.4 is 14.8 Å². The molecule has 5 nitrogen and oxygen atoms in total. The molecular weight excluding hydrogens is 410 g/mol. The molecule has 0 fully saturated rings. The highest BCUT2D eigenvalue weighted by Gasteiger charge is 2.21. The first-order valence-corrected chi connectivity index (χ1v) is 9.31. The van der Waals surface area contributed by atoms with Gasteiger partial charge in [-0.3, -0.25) is 0 Å². The topological polar surface area (TPSA) is 56.8 Å². The Balaban J connectivity index is 2.29. The second-order valence-corrected chi connectivity index (χ2v) is 7.79. The first-order valence-electron chi connectivity index (χ1n) is 8.51. The number of hydrogen-bond donors (Lipinski definition) is 1. The van der Waals surface area contributed by atoms with Crippen molar-refractivity contribution in [1.82, 2.24) is 5.32 Å². The molecule has 2 aromatic rings. The van der Waals surface area contributed by atoms with Gasteiger partial charge in [0.05, 0.1) is 14.2 Å². The Hall–Kier alpha value is -2.39. The summed E-state index contributed by atoms with van der Waals surface area (Å²) in [5.74, 6) is 1.20. The summed E-state index contributed by atoms with van der Waals surface area (Å²) in [6, 6.07) is 15.6. The zero-order valence-corrected chi connectivity index (χ0v) is 17.8. The number of nitrogens with one attached hydrogen (secondary N) is 1. The van der Waals surface area contributed by atoms with Crippen molar-refractivity contribution in [2.75, 3.05) is 20.8 Å². The average molecular weight is 434 g/mol. The molecule has 1 amide bonds. The summed E-state index contributed by atoms with van der Waals surface area (Å²) in [5.41, 5.74) is 1.31. The number of benzene rings is 1. The summed E-state index contributed by atoms with van der Waals surface area (Å²) < 4.78 is 16.6. The molecule has 2 rings (SSSR count). The number of halogens is 1. The fraction of sp³-hybridized carbons (Fsp3) is 0.381. The maximum Gasteiger partial charge on any atom is 0.407 e. The maximum absolute atomic E-state index is 12.1. The van der Waals surface area contributed by atoms with Crippen molar-refractivity contribution in [2.24, 2.45) is 0 Å². The van der Waals surface area contributed by atoms with Gasteiger partial charge in [-0.05, 0) is 60.5 Å². The van der Waals surface area contributed by atoms with Crippen LogP contribution in [0.5, 0.6) is 11.5 Å². The van der Waals surface area contributed by atoms with Gasteiger partial charge in [0.2, 0.25) is 0 Å². The minimum absolute atomic E-state index is 0.153. The van der Waals surface area contributed by atoms with Gasteiger partial charge in [0.1, 0.15) is 11.4 Å². The first kappa shape index (κ1) is 20.9. The Bertz CT molecular complexity index is 769. The van der Waals surface area contributed by atoms with Gasteiger partial charge in [-0.15, -0.1) is 0 Å². The number of ether oxygens (including phenoxy) is 3. The van der Waals surface area contributed by atoms with E-state index in [0.29, 0.717) is 12.3 Å². The molecule has 0 spiro atoms. The van der Waals surface area contributed by atoms with E-state index in [-0.39, 0.29) is 5.92 Å². The number of rotatable bonds is 6. The van der Waals surface area contributed by atoms with Gasteiger partial charge in [-0.2, -0.15) is 0 Å². The number of alkyl carbamates (subject to hydrolysis) is 1. The molecule has 2 aromatic carbocycles. The molecule has 0 heterocycles. The van der Waals surface area contributed by atoms with Crippen LogP contribution in [0.2, 0.25) is 0 Å². The van der Waals surface area contributed by atoms with Gasteiger partial charge in [-0.1, -0.05) is 18.2 Å². The molecule has 6 heteroatoms. The fourth-order valence-corrected chi connectivity index (χ4v) is 3.09. The van der Waals surface area contributed by atoms with Crippen molar-refractivity contribution in [3.05, 3.63) is 58.1 Å². The third-order valence-electron chi connectivity index (χ3n) is 3.77. The Kier molecular flexibility index (Phi) is 6.98. The highest BCUT2D eigenvalue weighted by molar-refractivity contribution is 9.10. The lowest BCUT2D eigenvalue weighted by atomic mass is 9.92. The van der Waals surface area contributed by atoms with Crippen LogP contribution >= 0.6 is 15.9 Å². The lowest BCUT2D eigenvalue weighted by Crippen LogP contribution is -2.35. The van der Waals surface area contributed by atoms with E-state index in [0.717, 1.165) is 21.3 Å². The number of hydrogen-bond acceptors (Lipinski definition) is 4. The van der Waals surface area contributed by atoms with Crippen molar-refractivity contribution in [3.63, 3.8) is 0 Å². The van der Waals surface area contributed by atoms with E-state index >= 15 is 0 Å². The van der Waals surface area contributed by atoms with Gasteiger partial charge in [0.25, 0.3) is 0 Å². The molecule has 0 saturated heterocycles. The van der Waals surface area contributed by atoms with Crippen LogP contribution in [0.1, 0.15) is 37.8 Å². The van der Waals surface area contributed by atoms with E-state index < -0.39 is 11.7 Å². The number of amides is 1. The summed E-state index contributed by atoms with van der Waals surface area (Å²) in [6.07, 6.45) is -0.463. The van der Waals surface area contributed by atoms with Crippen molar-refractivity contribution < 1.29 is 19.0 Å². The largest absolute Gasteiger partial charge is 0.497 e. The smallest absolute Gasteiger partial charge is 0.407 e. The molecule has 0 aliphatic rings. The average Bonchev–Trinajstić information content (AvgIpc) is 2.61. The van der Waals surface area contributed by atoms with Crippen molar-refractivity contribution in [3.8, 4) is 11.5 Å². The third-order valence-corrected chi connectivity index (χ3v) is 4.43. The zero-order valence-electron chi connectivity index (χ0n) is 16.2. The summed E-state index contributed by atoms with van der Waals surface area (Å²) in [4.78, 5) is 12.1. The minimum atomic E-state index is -0.555. The molecule has 0 aliphatic carbocycles. The van der Waals surface area contributed by atoms with Crippen LogP contribution in [0.4, 0.5) is 4.79 Å². The lowest BCUT2D eigenvalue weighted by Gasteiger charge is -2.22. The Morgan fingerprint density at radius 3 is 2.33 bits per heavy atom. The third kappa shape index (κ3) is 6.07. The van der Waals surface area contributed by atoms with Gasteiger partial charge >= 0.3 is 6.09 Å². The summed E-state index contributed by atoms with van der Waals surface area (Å²) in [5, 5.41) is 2.84. The maximum atomic E-state index is 12.1. The molecule has 0 radical (unpaired) electrons. The van der Waals surface area contributed by atoms with E-state index in [1.54, 1.807) is 14.2 Å². The molecule has 1 N–H and O–H groups in total. The van der Waals surface area contributed by atoms with Crippen molar-refractivity contribution in [1.29, 1.82) is 0 Å². The minimum Gasteiger partial charge on any atom is -0.497 e. The molecule has 0 aromatic heterocycles. The van der Waals surface area contributed by atoms with Gasteiger partial charge in [0, 0.05) is 28.6 Å². The SMILES string of the molecule is COc1c#cc(C(CNC(=O)OC(C)(C)C)c2ccc(OC)cc2)c(Br)c1. The predicted molar refractivity (Wildman–Crippen MR) is 107 cm³/mol. The molecular formula is C21H24BrNO4. The number of methoxy groups -OCH3 is 2. The zero-order chi connectivity index (χ0) is 20.0. The summed E-state index contributed by atoms with van der Waals surface area (Å²) in [7, 11) is 3.20. The number of carbonyl (C=O) groups excluding carboxylic acids is 1. The van der Waals surface area contributed by atoms with Gasteiger partial charge < -0.3 is 19.5 Å². The highest BCUT2D eigenvalue weighted by Crippen LogP contribution is 2.31. The van der Waals surface area contributed by atoms with Crippen LogP contribution in [-0.2, 0) is 4.74 Å². The van der Waals surface area contributed by atoms with Crippen LogP contribution in [0.25, 0.3) is 0 Å². The Morgan fingerprint density at radius 1 is 1.15 bits per heavy atom. The molecule has 0 bridgehead atoms. The Morgan fingerprint density at radius 2 is 1.81 bits per heavy atom. The normalized spacial score (nSPS) is 11.9. The molecule has 1 unspecified atom stereocenters. The van der Waals surface area contributed by atoms with Crippen molar-refractivity contribution in [2.45, 2.75) is 32.3 Å². The molecule has 0 aliphatic heterocycles. The molecule has 144 valence electrons. The second-order valence-electron chi connectivity index (χ2n) is 6.93. The monoisotopic (exact) mass is 433 g/mol. The van der Waals surface area contributed by atoms with Gasteiger partial charge in [-0.25, -0.2) is 4.79 Å². The second kappa shape index (κ2) is 9.01. The summed E-state index contributed by atoms with van der Waals surface area (Å²) >= 11 is 3.57. The molecule has 27 heavy (non-hydrogen) atoms. The van der Waals surface area contributed by atoms with Crippen LogP contribution in [-0.4, -0.2) is 32.5 Å². The van der Waals surface area contributed by atoms with Crippen LogP contribution in [0.15, 0.2) is 34.8 Å². The predicted octanol–water partition coefficient (Wildman–Crippen LogP) is 4.72. The van der Waals surface area contributed by atoms with Crippen LogP contribution in [0.3, 0.4) is 0 Å². The van der Waals surface area contributed by atoms with E-state index in [4.69, 9.17) is 14.2 Å². The van der Waals surface area contributed by atoms with Crippen LogP contribution in [0, 0.1) is 12.1 Å². The number of carbonyl (C=O) groups is 1. The highest BCUT2D eigenvalue weighted by atomic mass is 79.9. The van der Waals surface area contributed by atoms with Crippen molar-refractivity contribution >= 4 is 22.0 Å². The molecule has 1 atom stereocenters. The Labute approximate surface area is 169 Å². The van der Waals surface area contributed by atoms with Gasteiger partial charge in [0.15, 0.2) is 5.75 Å². The standard InChI is InChI=1S/C21H24BrNO4/c1-21(2,3)27-20(24)23-13-18(14-6-8-15(25-4)9-7-14)17-11-10-16(26-5)12-19(17)22/h6-9,12,18H,13H2,1-5H3,(H,23,24). The lowest BCUT2D eigenvalue weighted by molar-refractivity contribution is 0.0526. The van der Waals surface area contributed by atoms with E-state index in [9.17, 15) is 4.79 Å². The fourth-order valence-electron chi connectivity index (χ4n) is 2.50. The first-order chi connectivity index (χ1) is 12.7. The van der Waals surface area contributed by atoms with E-state index in [1.807, 2.05) is 51.1 Å².